The molecular weight excluding hydrogens is 314 g/mol. The van der Waals surface area contributed by atoms with Crippen LogP contribution in [0, 0.1) is 0 Å². The Morgan fingerprint density at radius 1 is 1.28 bits per heavy atom. The van der Waals surface area contributed by atoms with Crippen LogP contribution in [0.2, 0.25) is 0 Å². The van der Waals surface area contributed by atoms with Crippen LogP contribution in [-0.4, -0.2) is 37.8 Å². The van der Waals surface area contributed by atoms with Crippen molar-refractivity contribution < 1.29 is 4.79 Å². The summed E-state index contributed by atoms with van der Waals surface area (Å²) in [6.45, 7) is 1.24. The minimum Gasteiger partial charge on any atom is -0.336 e. The van der Waals surface area contributed by atoms with Crippen LogP contribution >= 0.6 is 0 Å². The second kappa shape index (κ2) is 6.55. The molecular formula is C19H21N5O. The summed E-state index contributed by atoms with van der Waals surface area (Å²) in [5.74, 6) is 0.495. The summed E-state index contributed by atoms with van der Waals surface area (Å²) in [6, 6.07) is 12.1. The highest BCUT2D eigenvalue weighted by molar-refractivity contribution is 5.92. The number of H-pyrrole nitrogens is 1. The molecule has 1 fully saturated rings. The van der Waals surface area contributed by atoms with Crippen molar-refractivity contribution in [1.82, 2.24) is 24.9 Å². The van der Waals surface area contributed by atoms with Crippen molar-refractivity contribution >= 4 is 5.91 Å². The van der Waals surface area contributed by atoms with Crippen LogP contribution in [0.15, 0.2) is 48.8 Å². The van der Waals surface area contributed by atoms with Crippen LogP contribution in [0.3, 0.4) is 0 Å². The summed E-state index contributed by atoms with van der Waals surface area (Å²) in [7, 11) is 1.79. The second-order valence-electron chi connectivity index (χ2n) is 6.68. The number of aromatic amines is 1. The van der Waals surface area contributed by atoms with Gasteiger partial charge in [0, 0.05) is 37.0 Å². The Bertz CT molecular complexity index is 863. The Morgan fingerprint density at radius 3 is 2.84 bits per heavy atom. The summed E-state index contributed by atoms with van der Waals surface area (Å²) < 4.78 is 1.89. The fraction of sp³-hybridized carbons (Fsp3) is 0.316. The number of rotatable bonds is 6. The summed E-state index contributed by atoms with van der Waals surface area (Å²) in [6.07, 6.45) is 6.17. The van der Waals surface area contributed by atoms with E-state index in [4.69, 9.17) is 0 Å². The molecule has 6 nitrogen and oxygen atoms in total. The monoisotopic (exact) mass is 335 g/mol. The van der Waals surface area contributed by atoms with Crippen LogP contribution in [0.1, 0.15) is 46.1 Å². The molecule has 0 atom stereocenters. The highest BCUT2D eigenvalue weighted by Gasteiger charge is 2.27. The number of benzene rings is 1. The topological polar surface area (TPSA) is 66.8 Å². The van der Waals surface area contributed by atoms with Crippen molar-refractivity contribution in [2.45, 2.75) is 31.8 Å². The van der Waals surface area contributed by atoms with Gasteiger partial charge in [-0.15, -0.1) is 0 Å². The molecule has 1 N–H and O–H groups in total. The molecule has 0 unspecified atom stereocenters. The van der Waals surface area contributed by atoms with Gasteiger partial charge in [0.1, 0.15) is 5.69 Å². The molecule has 0 bridgehead atoms. The van der Waals surface area contributed by atoms with Crippen molar-refractivity contribution in [2.75, 3.05) is 7.05 Å². The summed E-state index contributed by atoms with van der Waals surface area (Å²) >= 11 is 0. The maximum atomic E-state index is 12.5. The second-order valence-corrected chi connectivity index (χ2v) is 6.68. The maximum Gasteiger partial charge on any atom is 0.274 e. The molecule has 1 aliphatic rings. The summed E-state index contributed by atoms with van der Waals surface area (Å²) in [5, 5.41) is 11.5. The molecule has 128 valence electrons. The third-order valence-corrected chi connectivity index (χ3v) is 4.47. The molecule has 1 aliphatic carbocycles. The van der Waals surface area contributed by atoms with Crippen molar-refractivity contribution in [1.29, 1.82) is 0 Å². The number of carbonyl (C=O) groups is 1. The fourth-order valence-electron chi connectivity index (χ4n) is 2.94. The van der Waals surface area contributed by atoms with Gasteiger partial charge in [-0.3, -0.25) is 14.6 Å². The molecule has 2 aromatic heterocycles. The van der Waals surface area contributed by atoms with E-state index in [9.17, 15) is 4.79 Å². The summed E-state index contributed by atoms with van der Waals surface area (Å²) in [4.78, 5) is 14.2. The van der Waals surface area contributed by atoms with Crippen LogP contribution in [-0.2, 0) is 13.1 Å². The van der Waals surface area contributed by atoms with E-state index >= 15 is 0 Å². The lowest BCUT2D eigenvalue weighted by molar-refractivity contribution is 0.0779. The molecule has 1 saturated carbocycles. The Kier molecular flexibility index (Phi) is 4.09. The third-order valence-electron chi connectivity index (χ3n) is 4.47. The zero-order valence-electron chi connectivity index (χ0n) is 14.2. The predicted molar refractivity (Wildman–Crippen MR) is 94.1 cm³/mol. The van der Waals surface area contributed by atoms with Gasteiger partial charge in [0.15, 0.2) is 0 Å². The molecule has 1 aromatic carbocycles. The molecule has 2 heterocycles. The summed E-state index contributed by atoms with van der Waals surface area (Å²) in [5.41, 5.74) is 3.77. The van der Waals surface area contributed by atoms with Crippen LogP contribution < -0.4 is 0 Å². The molecule has 3 aromatic rings. The van der Waals surface area contributed by atoms with Gasteiger partial charge in [0.25, 0.3) is 5.91 Å². The van der Waals surface area contributed by atoms with E-state index in [0.29, 0.717) is 18.2 Å². The quantitative estimate of drug-likeness (QED) is 0.753. The standard InChI is InChI=1S/C19H21N5O/c1-23(19(25)18-9-17(21-22-18)16-7-8-16)11-15-10-20-24(13-15)12-14-5-3-2-4-6-14/h2-6,9-10,13,16H,7-8,11-12H2,1H3,(H,21,22). The lowest BCUT2D eigenvalue weighted by atomic mass is 10.2. The van der Waals surface area contributed by atoms with E-state index in [-0.39, 0.29) is 5.91 Å². The number of nitrogens with zero attached hydrogens (tertiary/aromatic N) is 4. The van der Waals surface area contributed by atoms with Crippen molar-refractivity contribution in [3.8, 4) is 0 Å². The van der Waals surface area contributed by atoms with E-state index in [1.807, 2.05) is 41.3 Å². The van der Waals surface area contributed by atoms with Gasteiger partial charge >= 0.3 is 0 Å². The smallest absolute Gasteiger partial charge is 0.274 e. The van der Waals surface area contributed by atoms with Gasteiger partial charge in [-0.2, -0.15) is 10.2 Å². The van der Waals surface area contributed by atoms with Crippen LogP contribution in [0.4, 0.5) is 0 Å². The molecule has 4 rings (SSSR count). The first kappa shape index (κ1) is 15.6. The first-order chi connectivity index (χ1) is 12.2. The Hall–Kier alpha value is -2.89. The highest BCUT2D eigenvalue weighted by Crippen LogP contribution is 2.39. The number of hydrogen-bond acceptors (Lipinski definition) is 3. The number of hydrogen-bond donors (Lipinski definition) is 1. The SMILES string of the molecule is CN(Cc1cnn(Cc2ccccc2)c1)C(=O)c1cc(C2CC2)[nH]n1. The molecule has 0 spiro atoms. The molecule has 0 saturated heterocycles. The number of aromatic nitrogens is 4. The zero-order valence-corrected chi connectivity index (χ0v) is 14.2. The minimum absolute atomic E-state index is 0.0704. The highest BCUT2D eigenvalue weighted by atomic mass is 16.2. The molecule has 0 radical (unpaired) electrons. The Labute approximate surface area is 146 Å². The van der Waals surface area contributed by atoms with E-state index in [0.717, 1.165) is 17.8 Å². The maximum absolute atomic E-state index is 12.5. The van der Waals surface area contributed by atoms with Gasteiger partial charge in [0.05, 0.1) is 12.7 Å². The predicted octanol–water partition coefficient (Wildman–Crippen LogP) is 2.80. The minimum atomic E-state index is -0.0704. The van der Waals surface area contributed by atoms with Crippen LogP contribution in [0.5, 0.6) is 0 Å². The largest absolute Gasteiger partial charge is 0.336 e. The third kappa shape index (κ3) is 3.63. The molecule has 25 heavy (non-hydrogen) atoms. The van der Waals surface area contributed by atoms with Gasteiger partial charge < -0.3 is 4.90 Å². The normalized spacial score (nSPS) is 13.8. The fourth-order valence-corrected chi connectivity index (χ4v) is 2.94. The zero-order chi connectivity index (χ0) is 17.2. The van der Waals surface area contributed by atoms with Gasteiger partial charge in [-0.25, -0.2) is 0 Å². The van der Waals surface area contributed by atoms with E-state index in [1.165, 1.54) is 18.4 Å². The first-order valence-corrected chi connectivity index (χ1v) is 8.55. The van der Waals surface area contributed by atoms with Gasteiger partial charge in [-0.05, 0) is 24.5 Å². The average Bonchev–Trinajstić information content (AvgIpc) is 3.19. The van der Waals surface area contributed by atoms with Gasteiger partial charge in [0.2, 0.25) is 0 Å². The number of amides is 1. The first-order valence-electron chi connectivity index (χ1n) is 8.55. The molecule has 1 amide bonds. The van der Waals surface area contributed by atoms with E-state index < -0.39 is 0 Å². The lowest BCUT2D eigenvalue weighted by Gasteiger charge is -2.14. The van der Waals surface area contributed by atoms with Crippen molar-refractivity contribution in [3.05, 3.63) is 71.3 Å². The Balaban J connectivity index is 1.38. The van der Waals surface area contributed by atoms with Crippen molar-refractivity contribution in [2.24, 2.45) is 0 Å². The molecule has 0 aliphatic heterocycles. The van der Waals surface area contributed by atoms with E-state index in [2.05, 4.69) is 27.4 Å². The van der Waals surface area contributed by atoms with Gasteiger partial charge in [-0.1, -0.05) is 30.3 Å². The van der Waals surface area contributed by atoms with E-state index in [1.54, 1.807) is 11.9 Å². The number of nitrogens with one attached hydrogen (secondary N) is 1. The number of carbonyl (C=O) groups excluding carboxylic acids is 1. The lowest BCUT2D eigenvalue weighted by Crippen LogP contribution is -2.26. The van der Waals surface area contributed by atoms with Crippen molar-refractivity contribution in [3.63, 3.8) is 0 Å². The average molecular weight is 335 g/mol. The van der Waals surface area contributed by atoms with Crippen LogP contribution in [0.25, 0.3) is 0 Å². The Morgan fingerprint density at radius 2 is 2.08 bits per heavy atom. The molecule has 6 heteroatoms.